The molecule has 1 aromatic carbocycles. The minimum Gasteiger partial charge on any atom is -0.389 e. The summed E-state index contributed by atoms with van der Waals surface area (Å²) < 4.78 is 2.09. The van der Waals surface area contributed by atoms with Crippen LogP contribution in [0.5, 0.6) is 0 Å². The highest BCUT2D eigenvalue weighted by molar-refractivity contribution is 7.80. The lowest BCUT2D eigenvalue weighted by Crippen LogP contribution is -2.34. The summed E-state index contributed by atoms with van der Waals surface area (Å²) in [5, 5.41) is 0. The van der Waals surface area contributed by atoms with Crippen molar-refractivity contribution in [2.45, 2.75) is 6.54 Å². The fraction of sp³-hybridized carbons (Fsp3) is 0.0769. The molecule has 0 saturated carbocycles. The number of pyridine rings is 1. The molecule has 16 heavy (non-hydrogen) atoms. The summed E-state index contributed by atoms with van der Waals surface area (Å²) in [6.07, 6.45) is 4.05. The summed E-state index contributed by atoms with van der Waals surface area (Å²) in [5.41, 5.74) is 7.79. The predicted octanol–water partition coefficient (Wildman–Crippen LogP) is 1.66. The third-order valence-electron chi connectivity index (χ3n) is 2.41. The highest BCUT2D eigenvalue weighted by Gasteiger charge is 2.08. The highest BCUT2D eigenvalue weighted by Crippen LogP contribution is 2.07. The van der Waals surface area contributed by atoms with Crippen molar-refractivity contribution in [1.82, 2.24) is 0 Å². The molecule has 2 nitrogen and oxygen atoms in total. The first-order chi connectivity index (χ1) is 7.77. The number of rotatable bonds is 3. The van der Waals surface area contributed by atoms with Crippen LogP contribution < -0.4 is 10.3 Å². The number of hydrogen-bond donors (Lipinski definition) is 1. The first-order valence-electron chi connectivity index (χ1n) is 5.09. The van der Waals surface area contributed by atoms with Crippen molar-refractivity contribution in [3.63, 3.8) is 0 Å². The molecule has 2 N–H and O–H groups in total. The normalized spacial score (nSPS) is 10.0. The van der Waals surface area contributed by atoms with Gasteiger partial charge in [0.25, 0.3) is 0 Å². The van der Waals surface area contributed by atoms with Crippen molar-refractivity contribution >= 4 is 17.2 Å². The van der Waals surface area contributed by atoms with E-state index >= 15 is 0 Å². The molecule has 0 fully saturated rings. The molecule has 0 spiro atoms. The first kappa shape index (κ1) is 10.8. The molecule has 0 atom stereocenters. The molecule has 2 rings (SSSR count). The second-order valence-corrected chi connectivity index (χ2v) is 4.01. The Kier molecular flexibility index (Phi) is 3.27. The zero-order chi connectivity index (χ0) is 11.4. The van der Waals surface area contributed by atoms with E-state index in [9.17, 15) is 0 Å². The van der Waals surface area contributed by atoms with E-state index in [1.54, 1.807) is 0 Å². The molecule has 1 aromatic heterocycles. The molecule has 0 aliphatic carbocycles. The Morgan fingerprint density at radius 1 is 1.06 bits per heavy atom. The molecular formula is C13H13N2S+. The van der Waals surface area contributed by atoms with E-state index < -0.39 is 0 Å². The van der Waals surface area contributed by atoms with Gasteiger partial charge >= 0.3 is 0 Å². The van der Waals surface area contributed by atoms with Crippen molar-refractivity contribution < 1.29 is 4.57 Å². The maximum Gasteiger partial charge on any atom is 0.174 e. The zero-order valence-corrected chi connectivity index (χ0v) is 9.65. The molecule has 1 heterocycles. The largest absolute Gasteiger partial charge is 0.389 e. The Hall–Kier alpha value is -1.74. The molecule has 0 amide bonds. The van der Waals surface area contributed by atoms with Gasteiger partial charge in [-0.3, -0.25) is 0 Å². The zero-order valence-electron chi connectivity index (χ0n) is 8.84. The van der Waals surface area contributed by atoms with E-state index in [-0.39, 0.29) is 0 Å². The molecule has 0 saturated heterocycles. The minimum atomic E-state index is 0.451. The van der Waals surface area contributed by atoms with E-state index in [0.717, 1.165) is 17.7 Å². The lowest BCUT2D eigenvalue weighted by molar-refractivity contribution is -0.688. The molecule has 0 aliphatic heterocycles. The van der Waals surface area contributed by atoms with E-state index in [1.807, 2.05) is 48.8 Å². The maximum atomic E-state index is 5.69. The Balaban J connectivity index is 2.31. The van der Waals surface area contributed by atoms with Crippen molar-refractivity contribution in [2.24, 2.45) is 5.73 Å². The SMILES string of the molecule is NC(=S)c1ccccc1C[n+]1ccccc1. The number of hydrogen-bond acceptors (Lipinski definition) is 1. The minimum absolute atomic E-state index is 0.451. The number of benzene rings is 1. The molecular weight excluding hydrogens is 216 g/mol. The first-order valence-corrected chi connectivity index (χ1v) is 5.50. The van der Waals surface area contributed by atoms with Crippen LogP contribution in [0.4, 0.5) is 0 Å². The number of nitrogens with two attached hydrogens (primary N) is 1. The average Bonchev–Trinajstić information content (AvgIpc) is 2.31. The van der Waals surface area contributed by atoms with Gasteiger partial charge < -0.3 is 5.73 Å². The van der Waals surface area contributed by atoms with Crippen LogP contribution in [0.25, 0.3) is 0 Å². The van der Waals surface area contributed by atoms with Crippen molar-refractivity contribution in [2.75, 3.05) is 0 Å². The van der Waals surface area contributed by atoms with Gasteiger partial charge in [-0.05, 0) is 0 Å². The fourth-order valence-electron chi connectivity index (χ4n) is 1.63. The maximum absolute atomic E-state index is 5.69. The monoisotopic (exact) mass is 229 g/mol. The number of thiocarbonyl (C=S) groups is 1. The summed E-state index contributed by atoms with van der Waals surface area (Å²) >= 11 is 5.03. The summed E-state index contributed by atoms with van der Waals surface area (Å²) in [4.78, 5) is 0.451. The van der Waals surface area contributed by atoms with Gasteiger partial charge in [-0.1, -0.05) is 42.5 Å². The van der Waals surface area contributed by atoms with Crippen molar-refractivity contribution in [1.29, 1.82) is 0 Å². The van der Waals surface area contributed by atoms with E-state index in [2.05, 4.69) is 10.6 Å². The topological polar surface area (TPSA) is 29.9 Å². The summed E-state index contributed by atoms with van der Waals surface area (Å²) in [6, 6.07) is 14.0. The second-order valence-electron chi connectivity index (χ2n) is 3.57. The average molecular weight is 229 g/mol. The van der Waals surface area contributed by atoms with Gasteiger partial charge in [0.05, 0.1) is 0 Å². The second kappa shape index (κ2) is 4.86. The van der Waals surface area contributed by atoms with Gasteiger partial charge in [0.15, 0.2) is 18.9 Å². The third-order valence-corrected chi connectivity index (χ3v) is 2.63. The molecule has 0 unspecified atom stereocenters. The van der Waals surface area contributed by atoms with Gasteiger partial charge in [0.1, 0.15) is 4.99 Å². The predicted molar refractivity (Wildman–Crippen MR) is 68.1 cm³/mol. The van der Waals surface area contributed by atoms with Gasteiger partial charge in [0, 0.05) is 23.3 Å². The Morgan fingerprint density at radius 3 is 2.44 bits per heavy atom. The number of aromatic nitrogens is 1. The molecule has 0 aliphatic rings. The Morgan fingerprint density at radius 2 is 1.75 bits per heavy atom. The third kappa shape index (κ3) is 2.44. The molecule has 3 heteroatoms. The quantitative estimate of drug-likeness (QED) is 0.641. The summed E-state index contributed by atoms with van der Waals surface area (Å²) in [5.74, 6) is 0. The Labute approximate surface area is 100 Å². The summed E-state index contributed by atoms with van der Waals surface area (Å²) in [6.45, 7) is 0.786. The van der Waals surface area contributed by atoms with Crippen LogP contribution in [-0.2, 0) is 6.54 Å². The lowest BCUT2D eigenvalue weighted by atomic mass is 10.1. The smallest absolute Gasteiger partial charge is 0.174 e. The van der Waals surface area contributed by atoms with Crippen LogP contribution in [0, 0.1) is 0 Å². The lowest BCUT2D eigenvalue weighted by Gasteiger charge is -2.04. The van der Waals surface area contributed by atoms with Crippen LogP contribution in [0.1, 0.15) is 11.1 Å². The number of nitrogens with zero attached hydrogens (tertiary/aromatic N) is 1. The van der Waals surface area contributed by atoms with E-state index in [0.29, 0.717) is 4.99 Å². The van der Waals surface area contributed by atoms with Crippen LogP contribution in [0.2, 0.25) is 0 Å². The van der Waals surface area contributed by atoms with Crippen molar-refractivity contribution in [3.8, 4) is 0 Å². The summed E-state index contributed by atoms with van der Waals surface area (Å²) in [7, 11) is 0. The Bertz CT molecular complexity index is 494. The fourth-order valence-corrected chi connectivity index (χ4v) is 1.83. The van der Waals surface area contributed by atoms with Gasteiger partial charge in [-0.15, -0.1) is 0 Å². The highest BCUT2D eigenvalue weighted by atomic mass is 32.1. The van der Waals surface area contributed by atoms with E-state index in [4.69, 9.17) is 18.0 Å². The van der Waals surface area contributed by atoms with Crippen LogP contribution in [0.15, 0.2) is 54.9 Å². The molecule has 80 valence electrons. The van der Waals surface area contributed by atoms with Crippen LogP contribution >= 0.6 is 12.2 Å². The van der Waals surface area contributed by atoms with Gasteiger partial charge in [-0.25, -0.2) is 4.57 Å². The van der Waals surface area contributed by atoms with Crippen LogP contribution in [0.3, 0.4) is 0 Å². The molecule has 2 aromatic rings. The molecule has 0 radical (unpaired) electrons. The van der Waals surface area contributed by atoms with Crippen LogP contribution in [-0.4, -0.2) is 4.99 Å². The molecule has 0 bridgehead atoms. The van der Waals surface area contributed by atoms with Gasteiger partial charge in [0.2, 0.25) is 0 Å². The van der Waals surface area contributed by atoms with Crippen molar-refractivity contribution in [3.05, 3.63) is 66.0 Å². The standard InChI is InChI=1S/C13H12N2S/c14-13(16)12-7-3-2-6-11(12)10-15-8-4-1-5-9-15/h1-9H,10H2,(H-,14,16)/p+1. The van der Waals surface area contributed by atoms with Gasteiger partial charge in [-0.2, -0.15) is 0 Å². The van der Waals surface area contributed by atoms with E-state index in [1.165, 1.54) is 0 Å².